The molecule has 2 rings (SSSR count). The van der Waals surface area contributed by atoms with Crippen LogP contribution in [0, 0.1) is 0 Å². The monoisotopic (exact) mass is 223 g/mol. The van der Waals surface area contributed by atoms with Crippen LogP contribution in [0.15, 0.2) is 6.20 Å². The molecule has 0 amide bonds. The average Bonchev–Trinajstić information content (AvgIpc) is 2.68. The lowest BCUT2D eigenvalue weighted by atomic mass is 10.1. The molecule has 0 spiro atoms. The first-order valence-electron chi connectivity index (χ1n) is 6.03. The number of aromatic nitrogens is 2. The summed E-state index contributed by atoms with van der Waals surface area (Å²) in [5.41, 5.74) is 1.16. The molecule has 1 aromatic rings. The number of rotatable bonds is 4. The maximum atomic E-state index is 9.31. The molecule has 4 nitrogen and oxygen atoms in total. The summed E-state index contributed by atoms with van der Waals surface area (Å²) in [7, 11) is 4.15. The Morgan fingerprint density at radius 1 is 1.56 bits per heavy atom. The molecule has 0 bridgehead atoms. The third-order valence-electron chi connectivity index (χ3n) is 3.22. The summed E-state index contributed by atoms with van der Waals surface area (Å²) >= 11 is 0. The van der Waals surface area contributed by atoms with Gasteiger partial charge in [0.25, 0.3) is 0 Å². The molecule has 1 unspecified atom stereocenters. The summed E-state index contributed by atoms with van der Waals surface area (Å²) < 4.78 is 2.18. The van der Waals surface area contributed by atoms with E-state index in [4.69, 9.17) is 0 Å². The van der Waals surface area contributed by atoms with Gasteiger partial charge in [0.15, 0.2) is 0 Å². The van der Waals surface area contributed by atoms with Crippen molar-refractivity contribution in [3.05, 3.63) is 17.7 Å². The van der Waals surface area contributed by atoms with Crippen LogP contribution in [0.4, 0.5) is 0 Å². The lowest BCUT2D eigenvalue weighted by Gasteiger charge is -2.22. The topological polar surface area (TPSA) is 41.3 Å². The Morgan fingerprint density at radius 3 is 3.06 bits per heavy atom. The van der Waals surface area contributed by atoms with Crippen LogP contribution < -0.4 is 0 Å². The molecule has 0 saturated carbocycles. The number of hydrogen-bond acceptors (Lipinski definition) is 3. The van der Waals surface area contributed by atoms with Crippen molar-refractivity contribution in [1.29, 1.82) is 0 Å². The first kappa shape index (κ1) is 11.6. The molecule has 2 heterocycles. The van der Waals surface area contributed by atoms with Gasteiger partial charge in [-0.1, -0.05) is 0 Å². The van der Waals surface area contributed by atoms with Crippen LogP contribution in [-0.2, 0) is 12.8 Å². The first-order valence-corrected chi connectivity index (χ1v) is 6.03. The van der Waals surface area contributed by atoms with Crippen molar-refractivity contribution in [2.24, 2.45) is 0 Å². The number of nitrogens with zero attached hydrogens (tertiary/aromatic N) is 3. The Kier molecular flexibility index (Phi) is 3.61. The first-order chi connectivity index (χ1) is 7.70. The van der Waals surface area contributed by atoms with Gasteiger partial charge in [-0.05, 0) is 26.9 Å². The minimum Gasteiger partial charge on any atom is -0.394 e. The van der Waals surface area contributed by atoms with Crippen LogP contribution in [0.5, 0.6) is 0 Å². The lowest BCUT2D eigenvalue weighted by molar-refractivity contribution is 0.206. The highest BCUT2D eigenvalue weighted by Gasteiger charge is 2.20. The van der Waals surface area contributed by atoms with Crippen molar-refractivity contribution in [3.8, 4) is 0 Å². The van der Waals surface area contributed by atoms with Crippen LogP contribution in [0.2, 0.25) is 0 Å². The number of likely N-dealkylation sites (N-methyl/N-ethyl adjacent to an activating group) is 1. The fourth-order valence-electron chi connectivity index (χ4n) is 2.26. The van der Waals surface area contributed by atoms with Crippen molar-refractivity contribution in [3.63, 3.8) is 0 Å². The smallest absolute Gasteiger partial charge is 0.109 e. The fourth-order valence-corrected chi connectivity index (χ4v) is 2.26. The number of aliphatic hydroxyl groups is 1. The van der Waals surface area contributed by atoms with Gasteiger partial charge < -0.3 is 14.6 Å². The second kappa shape index (κ2) is 4.97. The van der Waals surface area contributed by atoms with Gasteiger partial charge in [0.1, 0.15) is 5.82 Å². The Hall–Kier alpha value is -0.870. The molecular weight excluding hydrogens is 202 g/mol. The third kappa shape index (κ3) is 2.44. The zero-order chi connectivity index (χ0) is 11.5. The second-order valence-electron chi connectivity index (χ2n) is 4.84. The summed E-state index contributed by atoms with van der Waals surface area (Å²) in [5.74, 6) is 1.15. The molecule has 0 fully saturated rings. The van der Waals surface area contributed by atoms with E-state index in [0.29, 0.717) is 0 Å². The van der Waals surface area contributed by atoms with E-state index in [1.807, 2.05) is 0 Å². The number of hydrogen-bond donors (Lipinski definition) is 1. The highest BCUT2D eigenvalue weighted by Crippen LogP contribution is 2.24. The van der Waals surface area contributed by atoms with Gasteiger partial charge in [-0.2, -0.15) is 0 Å². The van der Waals surface area contributed by atoms with E-state index in [-0.39, 0.29) is 12.6 Å². The van der Waals surface area contributed by atoms with E-state index >= 15 is 0 Å². The third-order valence-corrected chi connectivity index (χ3v) is 3.22. The van der Waals surface area contributed by atoms with Crippen LogP contribution in [0.3, 0.4) is 0 Å². The van der Waals surface area contributed by atoms with Gasteiger partial charge in [0.05, 0.1) is 18.3 Å². The van der Waals surface area contributed by atoms with Gasteiger partial charge in [-0.3, -0.25) is 0 Å². The van der Waals surface area contributed by atoms with E-state index < -0.39 is 0 Å². The molecule has 0 radical (unpaired) electrons. The molecule has 16 heavy (non-hydrogen) atoms. The number of aryl methyl sites for hydroxylation is 1. The van der Waals surface area contributed by atoms with Crippen LogP contribution in [0.25, 0.3) is 0 Å². The van der Waals surface area contributed by atoms with E-state index in [1.165, 1.54) is 0 Å². The fraction of sp³-hybridized carbons (Fsp3) is 0.750. The van der Waals surface area contributed by atoms with E-state index in [1.54, 1.807) is 0 Å². The predicted octanol–water partition coefficient (Wildman–Crippen LogP) is 0.857. The van der Waals surface area contributed by atoms with Crippen molar-refractivity contribution in [2.45, 2.75) is 31.7 Å². The van der Waals surface area contributed by atoms with Gasteiger partial charge in [0.2, 0.25) is 0 Å². The lowest BCUT2D eigenvalue weighted by Crippen LogP contribution is -2.20. The molecule has 1 aliphatic rings. The van der Waals surface area contributed by atoms with Crippen molar-refractivity contribution >= 4 is 0 Å². The summed E-state index contributed by atoms with van der Waals surface area (Å²) in [6.07, 6.45) is 6.39. The summed E-state index contributed by atoms with van der Waals surface area (Å²) in [6.45, 7) is 1.26. The molecule has 90 valence electrons. The molecule has 0 aliphatic carbocycles. The molecule has 1 aliphatic heterocycles. The second-order valence-corrected chi connectivity index (χ2v) is 4.84. The van der Waals surface area contributed by atoms with Crippen molar-refractivity contribution in [1.82, 2.24) is 14.5 Å². The molecule has 4 heteroatoms. The average molecular weight is 223 g/mol. The summed E-state index contributed by atoms with van der Waals surface area (Å²) in [4.78, 5) is 6.81. The highest BCUT2D eigenvalue weighted by molar-refractivity contribution is 5.08. The number of imidazole rings is 1. The predicted molar refractivity (Wildman–Crippen MR) is 63.5 cm³/mol. The zero-order valence-electron chi connectivity index (χ0n) is 10.2. The standard InChI is InChI=1S/C12H21N3O/c1-14(2)7-6-10-8-15-11(9-16)4-3-5-12(15)13-10/h8,11,16H,3-7,9H2,1-2H3. The van der Waals surface area contributed by atoms with Gasteiger partial charge >= 0.3 is 0 Å². The van der Waals surface area contributed by atoms with Gasteiger partial charge in [0, 0.05) is 25.6 Å². The van der Waals surface area contributed by atoms with Gasteiger partial charge in [-0.15, -0.1) is 0 Å². The Bertz CT molecular complexity index is 346. The van der Waals surface area contributed by atoms with Crippen LogP contribution in [-0.4, -0.2) is 46.8 Å². The van der Waals surface area contributed by atoms with E-state index in [0.717, 1.165) is 43.7 Å². The minimum absolute atomic E-state index is 0.233. The van der Waals surface area contributed by atoms with Gasteiger partial charge in [-0.25, -0.2) is 4.98 Å². The van der Waals surface area contributed by atoms with Crippen LogP contribution in [0.1, 0.15) is 30.4 Å². The van der Waals surface area contributed by atoms with Crippen LogP contribution >= 0.6 is 0 Å². The van der Waals surface area contributed by atoms with E-state index in [9.17, 15) is 5.11 Å². The molecule has 1 atom stereocenters. The molecule has 1 N–H and O–H groups in total. The largest absolute Gasteiger partial charge is 0.394 e. The number of fused-ring (bicyclic) bond motifs is 1. The zero-order valence-corrected chi connectivity index (χ0v) is 10.2. The summed E-state index contributed by atoms with van der Waals surface area (Å²) in [6, 6.07) is 0.254. The highest BCUT2D eigenvalue weighted by atomic mass is 16.3. The van der Waals surface area contributed by atoms with Crippen molar-refractivity contribution < 1.29 is 5.11 Å². The maximum absolute atomic E-state index is 9.31. The van der Waals surface area contributed by atoms with E-state index in [2.05, 4.69) is 34.7 Å². The Balaban J connectivity index is 2.09. The SMILES string of the molecule is CN(C)CCc1cn2c(n1)CCCC2CO. The molecular formula is C12H21N3O. The quantitative estimate of drug-likeness (QED) is 0.823. The molecule has 0 saturated heterocycles. The summed E-state index contributed by atoms with van der Waals surface area (Å²) in [5, 5.41) is 9.31. The molecule has 1 aromatic heterocycles. The van der Waals surface area contributed by atoms with Crippen molar-refractivity contribution in [2.75, 3.05) is 27.2 Å². The number of aliphatic hydroxyl groups excluding tert-OH is 1. The Morgan fingerprint density at radius 2 is 2.38 bits per heavy atom. The Labute approximate surface area is 96.9 Å². The maximum Gasteiger partial charge on any atom is 0.109 e. The normalized spacial score (nSPS) is 20.1. The minimum atomic E-state index is 0.233. The molecule has 0 aromatic carbocycles.